The molecule has 0 unspecified atom stereocenters. The van der Waals surface area contributed by atoms with E-state index in [1.165, 1.54) is 17.3 Å². The molecule has 0 spiro atoms. The highest BCUT2D eigenvalue weighted by atomic mass is 32.1. The number of ether oxygens (including phenoxy) is 1. The molecule has 1 N–H and O–H groups in total. The number of hydrogen-bond donors (Lipinski definition) is 1. The average Bonchev–Trinajstić information content (AvgIpc) is 2.67. The Morgan fingerprint density at radius 2 is 2.38 bits per heavy atom. The number of H-pyrrole nitrogens is 1. The normalized spacial score (nSPS) is 10.3. The molecule has 0 amide bonds. The van der Waals surface area contributed by atoms with E-state index in [-0.39, 0.29) is 11.4 Å². The first-order valence-electron chi connectivity index (χ1n) is 4.83. The van der Waals surface area contributed by atoms with E-state index in [0.29, 0.717) is 6.61 Å². The van der Waals surface area contributed by atoms with Crippen LogP contribution in [-0.4, -0.2) is 21.6 Å². The van der Waals surface area contributed by atoms with E-state index in [0.717, 1.165) is 12.1 Å². The molecular formula is C10H11N3O2S. The largest absolute Gasteiger partial charge is 0.473 e. The zero-order valence-corrected chi connectivity index (χ0v) is 9.58. The van der Waals surface area contributed by atoms with Gasteiger partial charge in [-0.15, -0.1) is 11.3 Å². The number of thiazole rings is 1. The van der Waals surface area contributed by atoms with Crippen LogP contribution in [0, 0.1) is 6.92 Å². The van der Waals surface area contributed by atoms with Crippen LogP contribution in [0.5, 0.6) is 5.88 Å². The molecule has 84 valence electrons. The number of aromatic nitrogens is 3. The minimum absolute atomic E-state index is 0.115. The molecule has 0 aliphatic carbocycles. The van der Waals surface area contributed by atoms with E-state index in [1.54, 1.807) is 16.8 Å². The van der Waals surface area contributed by atoms with E-state index in [9.17, 15) is 4.79 Å². The van der Waals surface area contributed by atoms with Crippen LogP contribution in [0.3, 0.4) is 0 Å². The minimum atomic E-state index is -0.302. The summed E-state index contributed by atoms with van der Waals surface area (Å²) in [6.45, 7) is 2.39. The first-order chi connectivity index (χ1) is 7.77. The van der Waals surface area contributed by atoms with Gasteiger partial charge in [0.2, 0.25) is 0 Å². The van der Waals surface area contributed by atoms with Crippen molar-refractivity contribution in [1.82, 2.24) is 15.0 Å². The molecule has 0 fully saturated rings. The Morgan fingerprint density at radius 1 is 1.50 bits per heavy atom. The van der Waals surface area contributed by atoms with Crippen LogP contribution in [0.15, 0.2) is 22.7 Å². The molecule has 0 saturated carbocycles. The molecule has 0 radical (unpaired) electrons. The monoisotopic (exact) mass is 237 g/mol. The van der Waals surface area contributed by atoms with Crippen LogP contribution >= 0.6 is 11.3 Å². The van der Waals surface area contributed by atoms with Gasteiger partial charge < -0.3 is 9.72 Å². The van der Waals surface area contributed by atoms with E-state index in [1.807, 2.05) is 6.92 Å². The molecule has 0 atom stereocenters. The second-order valence-electron chi connectivity index (χ2n) is 3.18. The van der Waals surface area contributed by atoms with Gasteiger partial charge in [-0.2, -0.15) is 0 Å². The van der Waals surface area contributed by atoms with Crippen molar-refractivity contribution in [3.8, 4) is 5.88 Å². The quantitative estimate of drug-likeness (QED) is 0.866. The minimum Gasteiger partial charge on any atom is -0.473 e. The van der Waals surface area contributed by atoms with Crippen molar-refractivity contribution in [1.29, 1.82) is 0 Å². The van der Waals surface area contributed by atoms with Gasteiger partial charge in [-0.1, -0.05) is 0 Å². The van der Waals surface area contributed by atoms with Crippen molar-refractivity contribution in [2.45, 2.75) is 13.3 Å². The molecular weight excluding hydrogens is 226 g/mol. The van der Waals surface area contributed by atoms with Gasteiger partial charge in [-0.05, 0) is 6.92 Å². The second-order valence-corrected chi connectivity index (χ2v) is 4.12. The SMILES string of the molecule is Cc1ncsc1CCOc1ncc[nH]c1=O. The Kier molecular flexibility index (Phi) is 3.31. The lowest BCUT2D eigenvalue weighted by Gasteiger charge is -2.02. The Hall–Kier alpha value is -1.69. The molecule has 2 aromatic rings. The zero-order valence-electron chi connectivity index (χ0n) is 8.77. The summed E-state index contributed by atoms with van der Waals surface area (Å²) in [4.78, 5) is 22.9. The highest BCUT2D eigenvalue weighted by Crippen LogP contribution is 2.12. The molecule has 2 rings (SSSR count). The molecule has 0 saturated heterocycles. The van der Waals surface area contributed by atoms with Crippen molar-refractivity contribution in [3.05, 3.63) is 38.8 Å². The summed E-state index contributed by atoms with van der Waals surface area (Å²) in [5.41, 5.74) is 2.52. The van der Waals surface area contributed by atoms with Crippen LogP contribution in [0.1, 0.15) is 10.6 Å². The summed E-state index contributed by atoms with van der Waals surface area (Å²) in [6, 6.07) is 0. The molecule has 6 heteroatoms. The van der Waals surface area contributed by atoms with Crippen molar-refractivity contribution in [3.63, 3.8) is 0 Å². The molecule has 2 heterocycles. The number of nitrogens with zero attached hydrogens (tertiary/aromatic N) is 2. The summed E-state index contributed by atoms with van der Waals surface area (Å²) in [6.07, 6.45) is 3.71. The van der Waals surface area contributed by atoms with Crippen LogP contribution in [0.2, 0.25) is 0 Å². The highest BCUT2D eigenvalue weighted by Gasteiger charge is 2.04. The summed E-state index contributed by atoms with van der Waals surface area (Å²) < 4.78 is 5.29. The third-order valence-corrected chi connectivity index (χ3v) is 3.08. The van der Waals surface area contributed by atoms with Gasteiger partial charge in [-0.25, -0.2) is 9.97 Å². The Morgan fingerprint density at radius 3 is 3.06 bits per heavy atom. The summed E-state index contributed by atoms with van der Waals surface area (Å²) in [7, 11) is 0. The van der Waals surface area contributed by atoms with Crippen LogP contribution in [0.4, 0.5) is 0 Å². The molecule has 5 nitrogen and oxygen atoms in total. The Bertz CT molecular complexity index is 521. The van der Waals surface area contributed by atoms with Crippen LogP contribution in [-0.2, 0) is 6.42 Å². The number of nitrogens with one attached hydrogen (secondary N) is 1. The molecule has 0 bridgehead atoms. The Labute approximate surface area is 96.2 Å². The van der Waals surface area contributed by atoms with Gasteiger partial charge in [0, 0.05) is 23.7 Å². The van der Waals surface area contributed by atoms with Gasteiger partial charge in [0.05, 0.1) is 17.8 Å². The first kappa shape index (κ1) is 10.8. The fourth-order valence-corrected chi connectivity index (χ4v) is 2.01. The smallest absolute Gasteiger partial charge is 0.310 e. The third kappa shape index (κ3) is 2.46. The van der Waals surface area contributed by atoms with Gasteiger partial charge in [0.15, 0.2) is 0 Å². The molecule has 0 aliphatic rings. The van der Waals surface area contributed by atoms with E-state index >= 15 is 0 Å². The molecule has 2 aromatic heterocycles. The predicted octanol–water partition coefficient (Wildman–Crippen LogP) is 1.16. The highest BCUT2D eigenvalue weighted by molar-refractivity contribution is 7.09. The van der Waals surface area contributed by atoms with Crippen molar-refractivity contribution >= 4 is 11.3 Å². The first-order valence-corrected chi connectivity index (χ1v) is 5.71. The second kappa shape index (κ2) is 4.89. The lowest BCUT2D eigenvalue weighted by molar-refractivity contribution is 0.305. The maximum Gasteiger partial charge on any atom is 0.310 e. The van der Waals surface area contributed by atoms with Crippen molar-refractivity contribution in [2.75, 3.05) is 6.61 Å². The zero-order chi connectivity index (χ0) is 11.4. The standard InChI is InChI=1S/C10H11N3O2S/c1-7-8(16-6-13-7)2-5-15-10-9(14)11-3-4-12-10/h3-4,6H,2,5H2,1H3,(H,11,14). The van der Waals surface area contributed by atoms with Crippen molar-refractivity contribution in [2.24, 2.45) is 0 Å². The maximum absolute atomic E-state index is 11.2. The summed E-state index contributed by atoms with van der Waals surface area (Å²) in [5, 5.41) is 0. The van der Waals surface area contributed by atoms with E-state index in [4.69, 9.17) is 4.74 Å². The number of hydrogen-bond acceptors (Lipinski definition) is 5. The van der Waals surface area contributed by atoms with E-state index < -0.39 is 0 Å². The van der Waals surface area contributed by atoms with Gasteiger partial charge in [-0.3, -0.25) is 4.79 Å². The molecule has 16 heavy (non-hydrogen) atoms. The summed E-state index contributed by atoms with van der Waals surface area (Å²) in [5.74, 6) is 0.115. The fraction of sp³-hybridized carbons (Fsp3) is 0.300. The summed E-state index contributed by atoms with van der Waals surface area (Å²) >= 11 is 1.59. The van der Waals surface area contributed by atoms with E-state index in [2.05, 4.69) is 15.0 Å². The predicted molar refractivity (Wildman–Crippen MR) is 60.9 cm³/mol. The maximum atomic E-state index is 11.2. The molecule has 0 aromatic carbocycles. The topological polar surface area (TPSA) is 67.9 Å². The number of aryl methyl sites for hydroxylation is 1. The van der Waals surface area contributed by atoms with Crippen LogP contribution < -0.4 is 10.3 Å². The Balaban J connectivity index is 1.92. The lowest BCUT2D eigenvalue weighted by Crippen LogP contribution is -2.13. The van der Waals surface area contributed by atoms with Crippen molar-refractivity contribution < 1.29 is 4.74 Å². The fourth-order valence-electron chi connectivity index (χ4n) is 1.25. The number of aromatic amines is 1. The van der Waals surface area contributed by atoms with Gasteiger partial charge in [0.1, 0.15) is 0 Å². The third-order valence-electron chi connectivity index (χ3n) is 2.09. The molecule has 0 aliphatic heterocycles. The van der Waals surface area contributed by atoms with Gasteiger partial charge in [0.25, 0.3) is 5.88 Å². The van der Waals surface area contributed by atoms with Crippen LogP contribution in [0.25, 0.3) is 0 Å². The average molecular weight is 237 g/mol. The van der Waals surface area contributed by atoms with Gasteiger partial charge >= 0.3 is 5.56 Å². The lowest BCUT2D eigenvalue weighted by atomic mass is 10.3. The number of rotatable bonds is 4.